The third-order valence-corrected chi connectivity index (χ3v) is 3.45. The van der Waals surface area contributed by atoms with Gasteiger partial charge in [-0.3, -0.25) is 0 Å². The second-order valence-corrected chi connectivity index (χ2v) is 5.98. The third kappa shape index (κ3) is 6.76. The van der Waals surface area contributed by atoms with Crippen LogP contribution in [0.25, 0.3) is 5.57 Å². The topological polar surface area (TPSA) is 61.8 Å². The Labute approximate surface area is 166 Å². The number of carbonyl (C=O) groups excluding carboxylic acids is 2. The van der Waals surface area contributed by atoms with Gasteiger partial charge in [0, 0.05) is 22.8 Å². The van der Waals surface area contributed by atoms with E-state index in [1.165, 1.54) is 0 Å². The summed E-state index contributed by atoms with van der Waals surface area (Å²) >= 11 is 0. The molecule has 0 N–H and O–H groups in total. The van der Waals surface area contributed by atoms with Crippen LogP contribution in [0.5, 0.6) is 11.5 Å². The Morgan fingerprint density at radius 2 is 1.68 bits per heavy atom. The molecule has 0 saturated carbocycles. The molecule has 0 aliphatic rings. The van der Waals surface area contributed by atoms with Gasteiger partial charge in [-0.05, 0) is 57.6 Å². The van der Waals surface area contributed by atoms with Gasteiger partial charge in [-0.1, -0.05) is 25.8 Å². The molecule has 0 unspecified atom stereocenters. The highest BCUT2D eigenvalue weighted by molar-refractivity contribution is 5.89. The monoisotopic (exact) mass is 382 g/mol. The first-order chi connectivity index (χ1) is 13.2. The van der Waals surface area contributed by atoms with Crippen LogP contribution < -0.4 is 9.47 Å². The summed E-state index contributed by atoms with van der Waals surface area (Å²) in [4.78, 5) is 23.4. The zero-order valence-electron chi connectivity index (χ0n) is 16.8. The van der Waals surface area contributed by atoms with E-state index in [1.54, 1.807) is 57.2 Å². The molecule has 1 aromatic carbocycles. The summed E-state index contributed by atoms with van der Waals surface area (Å²) in [6, 6.07) is 5.01. The summed E-state index contributed by atoms with van der Waals surface area (Å²) in [5.74, 6) is 0.235. The number of ether oxygens (including phenoxy) is 3. The molecule has 0 aromatic heterocycles. The fraction of sp³-hybridized carbons (Fsp3) is 0.217. The number of benzene rings is 1. The molecule has 0 spiro atoms. The molecule has 0 amide bonds. The molecular weight excluding hydrogens is 356 g/mol. The van der Waals surface area contributed by atoms with E-state index in [-0.39, 0.29) is 0 Å². The SMILES string of the molecule is C=C(C)C(=O)OC(/C=C\C(=C)c1ccc(OC(=O)C(=C)C)cc1OCC)=C/C. The molecule has 5 heteroatoms. The van der Waals surface area contributed by atoms with Gasteiger partial charge < -0.3 is 14.2 Å². The van der Waals surface area contributed by atoms with Crippen LogP contribution in [0.15, 0.2) is 73.1 Å². The van der Waals surface area contributed by atoms with Gasteiger partial charge in [0.15, 0.2) is 0 Å². The smallest absolute Gasteiger partial charge is 0.338 e. The van der Waals surface area contributed by atoms with Crippen LogP contribution in [0.1, 0.15) is 33.3 Å². The van der Waals surface area contributed by atoms with Gasteiger partial charge in [-0.15, -0.1) is 0 Å². The second-order valence-electron chi connectivity index (χ2n) is 5.98. The van der Waals surface area contributed by atoms with Crippen molar-refractivity contribution >= 4 is 17.5 Å². The highest BCUT2D eigenvalue weighted by atomic mass is 16.5. The molecule has 0 radical (unpaired) electrons. The zero-order chi connectivity index (χ0) is 21.3. The van der Waals surface area contributed by atoms with Gasteiger partial charge in [0.25, 0.3) is 0 Å². The van der Waals surface area contributed by atoms with Gasteiger partial charge >= 0.3 is 11.9 Å². The first kappa shape index (κ1) is 22.7. The van der Waals surface area contributed by atoms with Crippen LogP contribution in [0.4, 0.5) is 0 Å². The van der Waals surface area contributed by atoms with Crippen molar-refractivity contribution in [3.05, 3.63) is 78.6 Å². The van der Waals surface area contributed by atoms with Crippen LogP contribution in [0.2, 0.25) is 0 Å². The average Bonchev–Trinajstić information content (AvgIpc) is 2.64. The lowest BCUT2D eigenvalue weighted by Gasteiger charge is -2.13. The van der Waals surface area contributed by atoms with E-state index in [0.29, 0.717) is 40.6 Å². The van der Waals surface area contributed by atoms with E-state index in [1.807, 2.05) is 6.92 Å². The summed E-state index contributed by atoms with van der Waals surface area (Å²) in [5.41, 5.74) is 1.96. The molecule has 0 aliphatic carbocycles. The van der Waals surface area contributed by atoms with Crippen LogP contribution in [0.3, 0.4) is 0 Å². The maximum atomic E-state index is 11.7. The highest BCUT2D eigenvalue weighted by Gasteiger charge is 2.11. The fourth-order valence-electron chi connectivity index (χ4n) is 1.96. The Bertz CT molecular complexity index is 856. The van der Waals surface area contributed by atoms with Gasteiger partial charge in [0.05, 0.1) is 6.61 Å². The number of hydrogen-bond acceptors (Lipinski definition) is 5. The normalized spacial score (nSPS) is 11.1. The molecule has 148 valence electrons. The van der Waals surface area contributed by atoms with Crippen LogP contribution in [-0.2, 0) is 14.3 Å². The van der Waals surface area contributed by atoms with Gasteiger partial charge in [-0.25, -0.2) is 9.59 Å². The zero-order valence-corrected chi connectivity index (χ0v) is 16.8. The standard InChI is InChI=1S/C23H26O5/c1-8-18(27-22(24)15(3)4)11-10-17(7)20-13-12-19(14-21(20)26-9-2)28-23(25)16(5)6/h8,10-14H,3,5,7,9H2,1-2,4,6H3/b11-10-,18-8+. The quantitative estimate of drug-likeness (QED) is 0.194. The maximum Gasteiger partial charge on any atom is 0.338 e. The average molecular weight is 382 g/mol. The molecule has 0 bridgehead atoms. The fourth-order valence-corrected chi connectivity index (χ4v) is 1.96. The Hall–Kier alpha value is -3.34. The molecule has 0 atom stereocenters. The van der Waals surface area contributed by atoms with Crippen molar-refractivity contribution in [2.24, 2.45) is 0 Å². The van der Waals surface area contributed by atoms with Gasteiger partial charge in [-0.2, -0.15) is 0 Å². The third-order valence-electron chi connectivity index (χ3n) is 3.45. The lowest BCUT2D eigenvalue weighted by molar-refractivity contribution is -0.134. The summed E-state index contributed by atoms with van der Waals surface area (Å²) in [6.07, 6.45) is 5.00. The summed E-state index contributed by atoms with van der Waals surface area (Å²) < 4.78 is 16.1. The molecular formula is C23H26O5. The lowest BCUT2D eigenvalue weighted by atomic mass is 10.1. The number of rotatable bonds is 9. The minimum atomic E-state index is -0.508. The Kier molecular flexibility index (Phi) is 8.69. The van der Waals surface area contributed by atoms with Crippen molar-refractivity contribution < 1.29 is 23.8 Å². The molecule has 28 heavy (non-hydrogen) atoms. The summed E-state index contributed by atoms with van der Waals surface area (Å²) in [7, 11) is 0. The Balaban J connectivity index is 3.05. The number of hydrogen-bond donors (Lipinski definition) is 0. The molecule has 5 nitrogen and oxygen atoms in total. The summed E-state index contributed by atoms with van der Waals surface area (Å²) in [5, 5.41) is 0. The van der Waals surface area contributed by atoms with E-state index >= 15 is 0 Å². The van der Waals surface area contributed by atoms with Crippen LogP contribution in [0, 0.1) is 0 Å². The highest BCUT2D eigenvalue weighted by Crippen LogP contribution is 2.31. The minimum absolute atomic E-state index is 0.303. The molecule has 1 aromatic rings. The lowest BCUT2D eigenvalue weighted by Crippen LogP contribution is -2.08. The number of esters is 2. The Morgan fingerprint density at radius 3 is 2.21 bits per heavy atom. The van der Waals surface area contributed by atoms with E-state index in [9.17, 15) is 9.59 Å². The van der Waals surface area contributed by atoms with E-state index in [4.69, 9.17) is 14.2 Å². The molecule has 0 aliphatic heterocycles. The van der Waals surface area contributed by atoms with Crippen molar-refractivity contribution in [1.29, 1.82) is 0 Å². The maximum absolute atomic E-state index is 11.7. The molecule has 0 heterocycles. The first-order valence-corrected chi connectivity index (χ1v) is 8.75. The van der Waals surface area contributed by atoms with Crippen molar-refractivity contribution in [2.75, 3.05) is 6.61 Å². The Morgan fingerprint density at radius 1 is 1.04 bits per heavy atom. The molecule has 0 fully saturated rings. The largest absolute Gasteiger partial charge is 0.493 e. The van der Waals surface area contributed by atoms with Crippen LogP contribution in [-0.4, -0.2) is 18.5 Å². The van der Waals surface area contributed by atoms with Crippen molar-refractivity contribution in [3.63, 3.8) is 0 Å². The summed E-state index contributed by atoms with van der Waals surface area (Å²) in [6.45, 7) is 18.3. The van der Waals surface area contributed by atoms with Crippen LogP contribution >= 0.6 is 0 Å². The number of allylic oxidation sites excluding steroid dienone is 4. The van der Waals surface area contributed by atoms with E-state index in [2.05, 4.69) is 19.7 Å². The predicted molar refractivity (Wildman–Crippen MR) is 111 cm³/mol. The second kappa shape index (κ2) is 10.7. The minimum Gasteiger partial charge on any atom is -0.493 e. The van der Waals surface area contributed by atoms with Gasteiger partial charge in [0.1, 0.15) is 17.3 Å². The first-order valence-electron chi connectivity index (χ1n) is 8.75. The van der Waals surface area contributed by atoms with Crippen molar-refractivity contribution in [2.45, 2.75) is 27.7 Å². The van der Waals surface area contributed by atoms with E-state index < -0.39 is 11.9 Å². The molecule has 0 saturated heterocycles. The predicted octanol–water partition coefficient (Wildman–Crippen LogP) is 5.16. The van der Waals surface area contributed by atoms with Gasteiger partial charge in [0.2, 0.25) is 0 Å². The van der Waals surface area contributed by atoms with Crippen molar-refractivity contribution in [3.8, 4) is 11.5 Å². The van der Waals surface area contributed by atoms with E-state index in [0.717, 1.165) is 5.56 Å². The molecule has 1 rings (SSSR count). The number of carbonyl (C=O) groups is 2. The van der Waals surface area contributed by atoms with Crippen molar-refractivity contribution in [1.82, 2.24) is 0 Å².